The minimum absolute atomic E-state index is 0.375. The molecule has 0 radical (unpaired) electrons. The molecular weight excluding hydrogens is 204 g/mol. The molecule has 0 saturated carbocycles. The number of aliphatic hydroxyl groups excluding tert-OH is 1. The van der Waals surface area contributed by atoms with Gasteiger partial charge in [-0.15, -0.1) is 0 Å². The van der Waals surface area contributed by atoms with Crippen molar-refractivity contribution >= 4 is 5.69 Å². The Hall–Kier alpha value is -1.73. The molecule has 0 amide bonds. The molecule has 4 heteroatoms. The number of nitrogens with zero attached hydrogens (tertiary/aromatic N) is 1. The molecule has 0 bridgehead atoms. The Morgan fingerprint density at radius 3 is 2.88 bits per heavy atom. The number of hydrogen-bond acceptors (Lipinski definition) is 4. The van der Waals surface area contributed by atoms with E-state index < -0.39 is 0 Å². The summed E-state index contributed by atoms with van der Waals surface area (Å²) in [6.07, 6.45) is 0.325. The third-order valence-electron chi connectivity index (χ3n) is 2.33. The molecule has 0 fully saturated rings. The van der Waals surface area contributed by atoms with Crippen LogP contribution in [0.25, 0.3) is 0 Å². The number of ether oxygens (including phenoxy) is 1. The highest BCUT2D eigenvalue weighted by molar-refractivity contribution is 5.59. The Labute approximate surface area is 95.5 Å². The number of anilines is 1. The van der Waals surface area contributed by atoms with E-state index in [1.165, 1.54) is 0 Å². The first kappa shape index (κ1) is 12.3. The van der Waals surface area contributed by atoms with E-state index in [1.807, 2.05) is 13.0 Å². The zero-order valence-electron chi connectivity index (χ0n) is 9.53. The first-order chi connectivity index (χ1) is 7.71. The van der Waals surface area contributed by atoms with E-state index in [0.29, 0.717) is 24.3 Å². The summed E-state index contributed by atoms with van der Waals surface area (Å²) in [7, 11) is 1.55. The van der Waals surface area contributed by atoms with Crippen LogP contribution in [0.3, 0.4) is 0 Å². The highest BCUT2D eigenvalue weighted by Gasteiger charge is 2.06. The van der Waals surface area contributed by atoms with Crippen molar-refractivity contribution in [2.75, 3.05) is 19.0 Å². The van der Waals surface area contributed by atoms with E-state index in [9.17, 15) is 5.11 Å². The van der Waals surface area contributed by atoms with Gasteiger partial charge >= 0.3 is 0 Å². The molecule has 0 saturated heterocycles. The summed E-state index contributed by atoms with van der Waals surface area (Å²) in [5.41, 5.74) is 1.34. The van der Waals surface area contributed by atoms with Crippen LogP contribution in [0.15, 0.2) is 18.2 Å². The van der Waals surface area contributed by atoms with Crippen molar-refractivity contribution in [2.24, 2.45) is 0 Å². The third kappa shape index (κ3) is 3.14. The summed E-state index contributed by atoms with van der Waals surface area (Å²) in [5.74, 6) is 0.613. The molecule has 4 nitrogen and oxygen atoms in total. The Morgan fingerprint density at radius 1 is 1.56 bits per heavy atom. The van der Waals surface area contributed by atoms with Crippen LogP contribution in [0.5, 0.6) is 5.75 Å². The summed E-state index contributed by atoms with van der Waals surface area (Å²) in [6, 6.07) is 7.20. The van der Waals surface area contributed by atoms with Crippen molar-refractivity contribution in [1.82, 2.24) is 0 Å². The highest BCUT2D eigenvalue weighted by atomic mass is 16.5. The van der Waals surface area contributed by atoms with Gasteiger partial charge in [-0.1, -0.05) is 6.92 Å². The van der Waals surface area contributed by atoms with Crippen LogP contribution in [-0.4, -0.2) is 24.9 Å². The molecule has 16 heavy (non-hydrogen) atoms. The van der Waals surface area contributed by atoms with Gasteiger partial charge in [-0.05, 0) is 18.6 Å². The first-order valence-corrected chi connectivity index (χ1v) is 5.21. The Bertz CT molecular complexity index is 385. The number of nitriles is 1. The van der Waals surface area contributed by atoms with Gasteiger partial charge in [0.1, 0.15) is 5.75 Å². The van der Waals surface area contributed by atoms with Gasteiger partial charge in [0.25, 0.3) is 0 Å². The van der Waals surface area contributed by atoms with Gasteiger partial charge in [-0.25, -0.2) is 0 Å². The fraction of sp³-hybridized carbons (Fsp3) is 0.417. The maximum atomic E-state index is 9.43. The highest BCUT2D eigenvalue weighted by Crippen LogP contribution is 2.25. The summed E-state index contributed by atoms with van der Waals surface area (Å²) in [4.78, 5) is 0. The van der Waals surface area contributed by atoms with E-state index in [2.05, 4.69) is 5.32 Å². The number of rotatable bonds is 5. The molecule has 1 aromatic carbocycles. The van der Waals surface area contributed by atoms with Crippen molar-refractivity contribution in [3.8, 4) is 11.8 Å². The summed E-state index contributed by atoms with van der Waals surface area (Å²) in [5, 5.41) is 21.2. The van der Waals surface area contributed by atoms with E-state index in [-0.39, 0.29) is 6.10 Å². The van der Waals surface area contributed by atoms with Gasteiger partial charge in [-0.3, -0.25) is 0 Å². The number of methoxy groups -OCH3 is 1. The Balaban J connectivity index is 2.76. The second-order valence-electron chi connectivity index (χ2n) is 3.47. The molecular formula is C12H16N2O2. The smallest absolute Gasteiger partial charge is 0.143 e. The van der Waals surface area contributed by atoms with Gasteiger partial charge in [0.15, 0.2) is 0 Å². The fourth-order valence-electron chi connectivity index (χ4n) is 1.28. The zero-order chi connectivity index (χ0) is 12.0. The molecule has 0 aromatic heterocycles. The lowest BCUT2D eigenvalue weighted by Crippen LogP contribution is -2.18. The lowest BCUT2D eigenvalue weighted by atomic mass is 10.2. The number of benzene rings is 1. The van der Waals surface area contributed by atoms with Gasteiger partial charge in [0, 0.05) is 12.6 Å². The van der Waals surface area contributed by atoms with Crippen molar-refractivity contribution < 1.29 is 9.84 Å². The predicted octanol–water partition coefficient (Wildman–Crippen LogP) is 1.75. The number of aliphatic hydroxyl groups is 1. The second kappa shape index (κ2) is 5.99. The molecule has 1 unspecified atom stereocenters. The topological polar surface area (TPSA) is 65.3 Å². The van der Waals surface area contributed by atoms with Crippen LogP contribution < -0.4 is 10.1 Å². The summed E-state index contributed by atoms with van der Waals surface area (Å²) < 4.78 is 5.16. The monoisotopic (exact) mass is 220 g/mol. The largest absolute Gasteiger partial charge is 0.495 e. The molecule has 0 heterocycles. The average Bonchev–Trinajstić information content (AvgIpc) is 2.35. The van der Waals surface area contributed by atoms with E-state index in [0.717, 1.165) is 5.69 Å². The lowest BCUT2D eigenvalue weighted by Gasteiger charge is -2.13. The van der Waals surface area contributed by atoms with Crippen LogP contribution in [0, 0.1) is 11.3 Å². The molecule has 0 aliphatic carbocycles. The lowest BCUT2D eigenvalue weighted by molar-refractivity contribution is 0.183. The third-order valence-corrected chi connectivity index (χ3v) is 2.33. The van der Waals surface area contributed by atoms with Gasteiger partial charge < -0.3 is 15.2 Å². The molecule has 1 rings (SSSR count). The summed E-state index contributed by atoms with van der Waals surface area (Å²) in [6.45, 7) is 2.39. The zero-order valence-corrected chi connectivity index (χ0v) is 9.53. The average molecular weight is 220 g/mol. The van der Waals surface area contributed by atoms with Crippen LogP contribution in [0.2, 0.25) is 0 Å². The minimum Gasteiger partial charge on any atom is -0.495 e. The standard InChI is InChI=1S/C12H16N2O2/c1-3-10(15)8-14-11-5-4-9(7-13)6-12(11)16-2/h4-6,10,14-15H,3,8H2,1-2H3. The van der Waals surface area contributed by atoms with Gasteiger partial charge in [-0.2, -0.15) is 5.26 Å². The minimum atomic E-state index is -0.375. The molecule has 0 spiro atoms. The predicted molar refractivity (Wildman–Crippen MR) is 62.5 cm³/mol. The van der Waals surface area contributed by atoms with Crippen LogP contribution in [0.1, 0.15) is 18.9 Å². The van der Waals surface area contributed by atoms with E-state index >= 15 is 0 Å². The van der Waals surface area contributed by atoms with Crippen molar-refractivity contribution in [1.29, 1.82) is 5.26 Å². The summed E-state index contributed by atoms with van der Waals surface area (Å²) >= 11 is 0. The molecule has 2 N–H and O–H groups in total. The quantitative estimate of drug-likeness (QED) is 0.793. The fourth-order valence-corrected chi connectivity index (χ4v) is 1.28. The van der Waals surface area contributed by atoms with Crippen LogP contribution in [-0.2, 0) is 0 Å². The van der Waals surface area contributed by atoms with Gasteiger partial charge in [0.2, 0.25) is 0 Å². The van der Waals surface area contributed by atoms with Crippen LogP contribution in [0.4, 0.5) is 5.69 Å². The SMILES string of the molecule is CCC(O)CNc1ccc(C#N)cc1OC. The van der Waals surface area contributed by atoms with Crippen molar-refractivity contribution in [3.63, 3.8) is 0 Å². The molecule has 1 aromatic rings. The maximum Gasteiger partial charge on any atom is 0.143 e. The molecule has 0 aliphatic rings. The Kier molecular flexibility index (Phi) is 4.62. The normalized spacial score (nSPS) is 11.6. The van der Waals surface area contributed by atoms with Gasteiger partial charge in [0.05, 0.1) is 30.5 Å². The number of nitrogens with one attached hydrogen (secondary N) is 1. The second-order valence-corrected chi connectivity index (χ2v) is 3.47. The van der Waals surface area contributed by atoms with Crippen LogP contribution >= 0.6 is 0 Å². The van der Waals surface area contributed by atoms with Crippen molar-refractivity contribution in [2.45, 2.75) is 19.4 Å². The Morgan fingerprint density at radius 2 is 2.31 bits per heavy atom. The molecule has 0 aliphatic heterocycles. The maximum absolute atomic E-state index is 9.43. The molecule has 1 atom stereocenters. The number of hydrogen-bond donors (Lipinski definition) is 2. The van der Waals surface area contributed by atoms with E-state index in [4.69, 9.17) is 10.00 Å². The molecule has 86 valence electrons. The first-order valence-electron chi connectivity index (χ1n) is 5.21. The van der Waals surface area contributed by atoms with E-state index in [1.54, 1.807) is 25.3 Å². The van der Waals surface area contributed by atoms with Crippen molar-refractivity contribution in [3.05, 3.63) is 23.8 Å².